The zero-order valence-corrected chi connectivity index (χ0v) is 9.79. The van der Waals surface area contributed by atoms with E-state index in [-0.39, 0.29) is 24.1 Å². The van der Waals surface area contributed by atoms with Crippen LogP contribution < -0.4 is 10.9 Å². The van der Waals surface area contributed by atoms with Crippen molar-refractivity contribution in [3.05, 3.63) is 34.2 Å². The van der Waals surface area contributed by atoms with E-state index in [1.165, 1.54) is 22.9 Å². The summed E-state index contributed by atoms with van der Waals surface area (Å²) in [5, 5.41) is 19.8. The number of carbonyl (C=O) groups is 2. The van der Waals surface area contributed by atoms with Gasteiger partial charge in [-0.15, -0.1) is 0 Å². The van der Waals surface area contributed by atoms with E-state index < -0.39 is 18.0 Å². The topological polar surface area (TPSA) is 109 Å². The first-order chi connectivity index (χ1) is 8.41. The average molecular weight is 254 g/mol. The number of aliphatic carboxylic acids is 1. The summed E-state index contributed by atoms with van der Waals surface area (Å²) in [6.45, 7) is 0.0154. The lowest BCUT2D eigenvalue weighted by Gasteiger charge is -2.07. The molecule has 0 aliphatic heterocycles. The van der Waals surface area contributed by atoms with Crippen LogP contribution in [0.25, 0.3) is 0 Å². The van der Waals surface area contributed by atoms with Gasteiger partial charge < -0.3 is 20.1 Å². The number of pyridine rings is 1. The number of nitrogens with zero attached hydrogens (tertiary/aromatic N) is 1. The second-order valence-electron chi connectivity index (χ2n) is 3.76. The van der Waals surface area contributed by atoms with E-state index in [1.54, 1.807) is 7.05 Å². The molecule has 1 aromatic heterocycles. The predicted octanol–water partition coefficient (Wildman–Crippen LogP) is -1.05. The van der Waals surface area contributed by atoms with E-state index in [4.69, 9.17) is 10.2 Å². The Kier molecular flexibility index (Phi) is 4.61. The number of nitrogens with one attached hydrogen (secondary N) is 1. The number of hydrogen-bond acceptors (Lipinski definition) is 4. The first kappa shape index (κ1) is 13.9. The van der Waals surface area contributed by atoms with Crippen molar-refractivity contribution in [2.75, 3.05) is 6.54 Å². The molecule has 7 heteroatoms. The van der Waals surface area contributed by atoms with Crippen LogP contribution in [0.1, 0.15) is 16.8 Å². The molecule has 0 saturated carbocycles. The molecule has 18 heavy (non-hydrogen) atoms. The number of rotatable bonds is 5. The smallest absolute Gasteiger partial charge is 0.332 e. The Morgan fingerprint density at radius 3 is 2.72 bits per heavy atom. The number of carboxylic acid groups (broad SMARTS) is 1. The van der Waals surface area contributed by atoms with E-state index in [0.29, 0.717) is 0 Å². The van der Waals surface area contributed by atoms with Crippen LogP contribution in [0.15, 0.2) is 23.1 Å². The van der Waals surface area contributed by atoms with E-state index in [0.717, 1.165) is 0 Å². The summed E-state index contributed by atoms with van der Waals surface area (Å²) in [5.74, 6) is -1.82. The van der Waals surface area contributed by atoms with Crippen molar-refractivity contribution in [1.29, 1.82) is 0 Å². The molecule has 1 atom stereocenters. The number of carboxylic acids is 1. The normalized spacial score (nSPS) is 11.9. The average Bonchev–Trinajstić information content (AvgIpc) is 2.32. The molecule has 0 saturated heterocycles. The van der Waals surface area contributed by atoms with Crippen LogP contribution in [0.5, 0.6) is 0 Å². The number of carbonyl (C=O) groups excluding carboxylic acids is 1. The van der Waals surface area contributed by atoms with Gasteiger partial charge in [-0.1, -0.05) is 0 Å². The quantitative estimate of drug-likeness (QED) is 0.621. The van der Waals surface area contributed by atoms with Gasteiger partial charge in [0.2, 0.25) is 0 Å². The summed E-state index contributed by atoms with van der Waals surface area (Å²) in [4.78, 5) is 33.2. The summed E-state index contributed by atoms with van der Waals surface area (Å²) >= 11 is 0. The van der Waals surface area contributed by atoms with Crippen LogP contribution in [0.2, 0.25) is 0 Å². The third kappa shape index (κ3) is 3.70. The van der Waals surface area contributed by atoms with Crippen molar-refractivity contribution < 1.29 is 19.8 Å². The molecule has 0 radical (unpaired) electrons. The molecule has 0 bridgehead atoms. The van der Waals surface area contributed by atoms with E-state index in [1.807, 2.05) is 0 Å². The molecule has 1 aromatic rings. The van der Waals surface area contributed by atoms with Gasteiger partial charge in [-0.25, -0.2) is 4.79 Å². The highest BCUT2D eigenvalue weighted by Gasteiger charge is 2.13. The maximum absolute atomic E-state index is 11.6. The SMILES string of the molecule is Cn1ccc(C(=O)NCC[C@H](O)C(=O)O)cc1=O. The third-order valence-corrected chi connectivity index (χ3v) is 2.35. The Morgan fingerprint density at radius 2 is 2.17 bits per heavy atom. The van der Waals surface area contributed by atoms with Crippen LogP contribution in [0.3, 0.4) is 0 Å². The lowest BCUT2D eigenvalue weighted by molar-refractivity contribution is -0.146. The van der Waals surface area contributed by atoms with Crippen molar-refractivity contribution in [2.24, 2.45) is 7.05 Å². The second-order valence-corrected chi connectivity index (χ2v) is 3.76. The predicted molar refractivity (Wildman–Crippen MR) is 62.3 cm³/mol. The monoisotopic (exact) mass is 254 g/mol. The minimum absolute atomic E-state index is 0.0154. The number of aliphatic hydroxyl groups excluding tert-OH is 1. The van der Waals surface area contributed by atoms with Gasteiger partial charge in [0.1, 0.15) is 0 Å². The minimum atomic E-state index is -1.51. The molecule has 0 spiro atoms. The van der Waals surface area contributed by atoms with Gasteiger partial charge in [-0.3, -0.25) is 9.59 Å². The zero-order chi connectivity index (χ0) is 13.7. The molecule has 0 fully saturated rings. The fraction of sp³-hybridized carbons (Fsp3) is 0.364. The molecule has 3 N–H and O–H groups in total. The molecule has 0 aromatic carbocycles. The third-order valence-electron chi connectivity index (χ3n) is 2.35. The lowest BCUT2D eigenvalue weighted by atomic mass is 10.2. The number of aryl methyl sites for hydroxylation is 1. The molecule has 0 unspecified atom stereocenters. The molecule has 0 aliphatic rings. The minimum Gasteiger partial charge on any atom is -0.479 e. The van der Waals surface area contributed by atoms with Gasteiger partial charge in [0.15, 0.2) is 6.10 Å². The fourth-order valence-corrected chi connectivity index (χ4v) is 1.24. The molecular weight excluding hydrogens is 240 g/mol. The lowest BCUT2D eigenvalue weighted by Crippen LogP contribution is -2.31. The van der Waals surface area contributed by atoms with Crippen LogP contribution in [-0.4, -0.2) is 39.3 Å². The van der Waals surface area contributed by atoms with Crippen molar-refractivity contribution in [3.63, 3.8) is 0 Å². The van der Waals surface area contributed by atoms with Crippen LogP contribution in [-0.2, 0) is 11.8 Å². The van der Waals surface area contributed by atoms with E-state index >= 15 is 0 Å². The largest absolute Gasteiger partial charge is 0.479 e. The number of aliphatic hydroxyl groups is 1. The summed E-state index contributed by atoms with van der Waals surface area (Å²) in [5.41, 5.74) is -0.115. The standard InChI is InChI=1S/C11H14N2O5/c1-13-5-3-7(6-9(13)15)10(16)12-4-2-8(14)11(17)18/h3,5-6,8,14H,2,4H2,1H3,(H,12,16)(H,17,18)/t8-/m0/s1. The molecule has 0 aliphatic carbocycles. The van der Waals surface area contributed by atoms with Crippen LogP contribution >= 0.6 is 0 Å². The Labute approximate surface area is 103 Å². The van der Waals surface area contributed by atoms with Crippen LogP contribution in [0.4, 0.5) is 0 Å². The maximum Gasteiger partial charge on any atom is 0.332 e. The van der Waals surface area contributed by atoms with E-state index in [2.05, 4.69) is 5.32 Å². The first-order valence-corrected chi connectivity index (χ1v) is 5.27. The number of hydrogen-bond donors (Lipinski definition) is 3. The summed E-state index contributed by atoms with van der Waals surface area (Å²) in [6.07, 6.45) is -0.135. The molecule has 1 rings (SSSR count). The zero-order valence-electron chi connectivity index (χ0n) is 9.79. The Bertz CT molecular complexity index is 508. The molecule has 1 amide bonds. The van der Waals surface area contributed by atoms with Crippen LogP contribution in [0, 0.1) is 0 Å². The first-order valence-electron chi connectivity index (χ1n) is 5.27. The summed E-state index contributed by atoms with van der Waals surface area (Å²) in [7, 11) is 1.56. The number of aromatic nitrogens is 1. The highest BCUT2D eigenvalue weighted by Crippen LogP contribution is 1.95. The Balaban J connectivity index is 2.53. The summed E-state index contributed by atoms with van der Waals surface area (Å²) < 4.78 is 1.32. The van der Waals surface area contributed by atoms with Gasteiger partial charge in [-0.05, 0) is 6.07 Å². The van der Waals surface area contributed by atoms with Gasteiger partial charge in [0.25, 0.3) is 11.5 Å². The van der Waals surface area contributed by atoms with E-state index in [9.17, 15) is 14.4 Å². The van der Waals surface area contributed by atoms with Crippen molar-refractivity contribution in [3.8, 4) is 0 Å². The van der Waals surface area contributed by atoms with Crippen molar-refractivity contribution in [1.82, 2.24) is 9.88 Å². The van der Waals surface area contributed by atoms with Gasteiger partial charge in [0.05, 0.1) is 0 Å². The summed E-state index contributed by atoms with van der Waals surface area (Å²) in [6, 6.07) is 2.66. The highest BCUT2D eigenvalue weighted by atomic mass is 16.4. The molecular formula is C11H14N2O5. The highest BCUT2D eigenvalue weighted by molar-refractivity contribution is 5.93. The van der Waals surface area contributed by atoms with Gasteiger partial charge >= 0.3 is 5.97 Å². The van der Waals surface area contributed by atoms with Gasteiger partial charge in [-0.2, -0.15) is 0 Å². The maximum atomic E-state index is 11.6. The Morgan fingerprint density at radius 1 is 1.50 bits per heavy atom. The fourth-order valence-electron chi connectivity index (χ4n) is 1.24. The molecule has 98 valence electrons. The van der Waals surface area contributed by atoms with Crippen molar-refractivity contribution >= 4 is 11.9 Å². The van der Waals surface area contributed by atoms with Gasteiger partial charge in [0, 0.05) is 37.8 Å². The molecule has 1 heterocycles. The number of amides is 1. The molecule has 7 nitrogen and oxygen atoms in total. The second kappa shape index (κ2) is 5.97. The Hall–Kier alpha value is -2.15. The van der Waals surface area contributed by atoms with Crippen molar-refractivity contribution in [2.45, 2.75) is 12.5 Å².